The Kier molecular flexibility index (Phi) is 3.11. The molecule has 0 aromatic carbocycles. The van der Waals surface area contributed by atoms with Crippen molar-refractivity contribution in [2.24, 2.45) is 0 Å². The molecule has 12 heavy (non-hydrogen) atoms. The smallest absolute Gasteiger partial charge is 0.239 e. The summed E-state index contributed by atoms with van der Waals surface area (Å²) in [4.78, 5) is 23.3. The van der Waals surface area contributed by atoms with Gasteiger partial charge in [-0.05, 0) is 0 Å². The van der Waals surface area contributed by atoms with E-state index >= 15 is 0 Å². The molecule has 0 atom stereocenters. The van der Waals surface area contributed by atoms with Crippen molar-refractivity contribution in [2.75, 3.05) is 18.1 Å². The number of hydrogen-bond acceptors (Lipinski definition) is 4. The second kappa shape index (κ2) is 4.12. The van der Waals surface area contributed by atoms with Crippen molar-refractivity contribution in [1.82, 2.24) is 4.90 Å². The SMILES string of the molecule is N#CCCN1C(=O)CSCC1=O. The van der Waals surface area contributed by atoms with Gasteiger partial charge >= 0.3 is 0 Å². The van der Waals surface area contributed by atoms with Gasteiger partial charge < -0.3 is 0 Å². The Bertz CT molecular complexity index is 230. The lowest BCUT2D eigenvalue weighted by Crippen LogP contribution is -2.43. The fraction of sp³-hybridized carbons (Fsp3) is 0.571. The standard InChI is InChI=1S/C7H8N2O2S/c8-2-1-3-9-6(10)4-12-5-7(9)11/h1,3-5H2. The van der Waals surface area contributed by atoms with Crippen LogP contribution in [0, 0.1) is 11.3 Å². The molecule has 0 aliphatic carbocycles. The van der Waals surface area contributed by atoms with Gasteiger partial charge in [0.25, 0.3) is 0 Å². The number of thioether (sulfide) groups is 1. The van der Waals surface area contributed by atoms with Crippen molar-refractivity contribution in [3.8, 4) is 6.07 Å². The topological polar surface area (TPSA) is 61.2 Å². The van der Waals surface area contributed by atoms with E-state index in [0.717, 1.165) is 0 Å². The third-order valence-electron chi connectivity index (χ3n) is 1.50. The average molecular weight is 184 g/mol. The number of nitrogens with zero attached hydrogens (tertiary/aromatic N) is 2. The maximum atomic E-state index is 11.1. The normalized spacial score (nSPS) is 17.8. The number of amides is 2. The molecule has 1 rings (SSSR count). The Balaban J connectivity index is 2.52. The molecule has 5 heteroatoms. The van der Waals surface area contributed by atoms with Gasteiger partial charge in [0, 0.05) is 6.54 Å². The van der Waals surface area contributed by atoms with Gasteiger partial charge in [0.15, 0.2) is 0 Å². The molecule has 1 aliphatic heterocycles. The quantitative estimate of drug-likeness (QED) is 0.567. The van der Waals surface area contributed by atoms with Gasteiger partial charge in [0.2, 0.25) is 11.8 Å². The molecule has 1 heterocycles. The summed E-state index contributed by atoms with van der Waals surface area (Å²) in [6.45, 7) is 0.245. The van der Waals surface area contributed by atoms with Crippen LogP contribution in [0.2, 0.25) is 0 Å². The van der Waals surface area contributed by atoms with Gasteiger partial charge in [0.1, 0.15) is 0 Å². The van der Waals surface area contributed by atoms with E-state index in [1.54, 1.807) is 0 Å². The van der Waals surface area contributed by atoms with Crippen LogP contribution in [-0.4, -0.2) is 34.8 Å². The Morgan fingerprint density at radius 2 is 2.00 bits per heavy atom. The monoisotopic (exact) mass is 184 g/mol. The zero-order valence-corrected chi connectivity index (χ0v) is 7.26. The van der Waals surface area contributed by atoms with Crippen LogP contribution in [0.3, 0.4) is 0 Å². The van der Waals surface area contributed by atoms with Crippen LogP contribution < -0.4 is 0 Å². The third kappa shape index (κ3) is 1.98. The highest BCUT2D eigenvalue weighted by Gasteiger charge is 2.25. The van der Waals surface area contributed by atoms with Crippen LogP contribution in [0.25, 0.3) is 0 Å². The molecule has 0 N–H and O–H groups in total. The van der Waals surface area contributed by atoms with E-state index in [9.17, 15) is 9.59 Å². The van der Waals surface area contributed by atoms with Gasteiger partial charge in [-0.3, -0.25) is 14.5 Å². The molecule has 64 valence electrons. The molecule has 0 aromatic rings. The summed E-state index contributed by atoms with van der Waals surface area (Å²) < 4.78 is 0. The number of carbonyl (C=O) groups excluding carboxylic acids is 2. The summed E-state index contributed by atoms with van der Waals surface area (Å²) in [5.74, 6) is 0.368. The molecule has 0 bridgehead atoms. The summed E-state index contributed by atoms with van der Waals surface area (Å²) in [6, 6.07) is 1.90. The highest BCUT2D eigenvalue weighted by Crippen LogP contribution is 2.11. The van der Waals surface area contributed by atoms with Crippen molar-refractivity contribution < 1.29 is 9.59 Å². The van der Waals surface area contributed by atoms with E-state index in [4.69, 9.17) is 5.26 Å². The Morgan fingerprint density at radius 1 is 1.42 bits per heavy atom. The molecule has 0 spiro atoms. The molecule has 1 aliphatic rings. The van der Waals surface area contributed by atoms with Crippen molar-refractivity contribution in [2.45, 2.75) is 6.42 Å². The highest BCUT2D eigenvalue weighted by atomic mass is 32.2. The summed E-state index contributed by atoms with van der Waals surface area (Å²) in [5.41, 5.74) is 0. The summed E-state index contributed by atoms with van der Waals surface area (Å²) in [5, 5.41) is 8.26. The first-order valence-electron chi connectivity index (χ1n) is 3.53. The molecule has 0 saturated carbocycles. The van der Waals surface area contributed by atoms with Crippen LogP contribution in [-0.2, 0) is 9.59 Å². The lowest BCUT2D eigenvalue weighted by molar-refractivity contribution is -0.142. The van der Waals surface area contributed by atoms with Crippen LogP contribution in [0.4, 0.5) is 0 Å². The highest BCUT2D eigenvalue weighted by molar-refractivity contribution is 8.00. The number of imide groups is 1. The summed E-state index contributed by atoms with van der Waals surface area (Å²) in [7, 11) is 0. The molecular weight excluding hydrogens is 176 g/mol. The van der Waals surface area contributed by atoms with Crippen LogP contribution in [0.5, 0.6) is 0 Å². The van der Waals surface area contributed by atoms with E-state index in [-0.39, 0.29) is 24.8 Å². The Hall–Kier alpha value is -1.02. The predicted molar refractivity (Wildman–Crippen MR) is 44.3 cm³/mol. The van der Waals surface area contributed by atoms with E-state index < -0.39 is 0 Å². The zero-order valence-electron chi connectivity index (χ0n) is 6.45. The first kappa shape index (κ1) is 9.07. The van der Waals surface area contributed by atoms with Crippen molar-refractivity contribution in [3.05, 3.63) is 0 Å². The third-order valence-corrected chi connectivity index (χ3v) is 2.40. The number of rotatable bonds is 2. The molecule has 1 fully saturated rings. The van der Waals surface area contributed by atoms with Crippen LogP contribution in [0.1, 0.15) is 6.42 Å². The van der Waals surface area contributed by atoms with Crippen molar-refractivity contribution in [3.63, 3.8) is 0 Å². The maximum absolute atomic E-state index is 11.1. The second-order valence-electron chi connectivity index (χ2n) is 2.34. The van der Waals surface area contributed by atoms with E-state index in [2.05, 4.69) is 0 Å². The largest absolute Gasteiger partial charge is 0.280 e. The Morgan fingerprint density at radius 3 is 2.50 bits per heavy atom. The van der Waals surface area contributed by atoms with Crippen LogP contribution >= 0.6 is 11.8 Å². The lowest BCUT2D eigenvalue weighted by Gasteiger charge is -2.23. The number of nitriles is 1. The van der Waals surface area contributed by atoms with Gasteiger partial charge in [0.05, 0.1) is 24.0 Å². The summed E-state index contributed by atoms with van der Waals surface area (Å²) in [6.07, 6.45) is 0.224. The minimum Gasteiger partial charge on any atom is -0.280 e. The van der Waals surface area contributed by atoms with E-state index in [0.29, 0.717) is 11.5 Å². The van der Waals surface area contributed by atoms with Gasteiger partial charge in [-0.25, -0.2) is 0 Å². The molecule has 0 radical (unpaired) electrons. The van der Waals surface area contributed by atoms with Gasteiger partial charge in [-0.1, -0.05) is 0 Å². The average Bonchev–Trinajstić information content (AvgIpc) is 2.04. The molecule has 1 saturated heterocycles. The van der Waals surface area contributed by atoms with E-state index in [1.165, 1.54) is 16.7 Å². The van der Waals surface area contributed by atoms with Gasteiger partial charge in [-0.2, -0.15) is 5.26 Å². The number of carbonyl (C=O) groups is 2. The van der Waals surface area contributed by atoms with Crippen molar-refractivity contribution >= 4 is 23.6 Å². The molecular formula is C7H8N2O2S. The predicted octanol–water partition coefficient (Wildman–Crippen LogP) is 0.00208. The minimum absolute atomic E-state index is 0.175. The first-order valence-corrected chi connectivity index (χ1v) is 4.69. The van der Waals surface area contributed by atoms with Crippen molar-refractivity contribution in [1.29, 1.82) is 5.26 Å². The minimum atomic E-state index is -0.175. The molecule has 4 nitrogen and oxygen atoms in total. The second-order valence-corrected chi connectivity index (χ2v) is 3.33. The maximum Gasteiger partial charge on any atom is 0.239 e. The number of hydrogen-bond donors (Lipinski definition) is 0. The summed E-state index contributed by atoms with van der Waals surface area (Å²) >= 11 is 1.32. The fourth-order valence-electron chi connectivity index (χ4n) is 0.932. The molecule has 0 unspecified atom stereocenters. The lowest BCUT2D eigenvalue weighted by atomic mass is 10.4. The molecule has 0 aromatic heterocycles. The van der Waals surface area contributed by atoms with Gasteiger partial charge in [-0.15, -0.1) is 11.8 Å². The molecule has 2 amide bonds. The van der Waals surface area contributed by atoms with Crippen LogP contribution in [0.15, 0.2) is 0 Å². The Labute approximate surface area is 74.5 Å². The fourth-order valence-corrected chi connectivity index (χ4v) is 1.69. The van der Waals surface area contributed by atoms with E-state index in [1.807, 2.05) is 6.07 Å². The zero-order chi connectivity index (χ0) is 8.97. The first-order chi connectivity index (χ1) is 5.75.